The second-order valence-electron chi connectivity index (χ2n) is 5.26. The highest BCUT2D eigenvalue weighted by Crippen LogP contribution is 2.22. The van der Waals surface area contributed by atoms with Crippen LogP contribution in [0, 0.1) is 23.0 Å². The largest absolute Gasteiger partial charge is 0.348 e. The molecular weight excluding hydrogens is 258 g/mol. The number of nitro groups is 1. The zero-order valence-corrected chi connectivity index (χ0v) is 12.1. The molecule has 1 amide bonds. The molecule has 0 saturated carbocycles. The average Bonchev–Trinajstić information content (AvgIpc) is 2.36. The first-order valence-corrected chi connectivity index (χ1v) is 6.61. The number of aryl methyl sites for hydroxylation is 1. The molecule has 0 saturated heterocycles. The Morgan fingerprint density at radius 2 is 2.10 bits per heavy atom. The van der Waals surface area contributed by atoms with Crippen molar-refractivity contribution in [3.63, 3.8) is 0 Å². The van der Waals surface area contributed by atoms with Gasteiger partial charge in [-0.1, -0.05) is 26.0 Å². The van der Waals surface area contributed by atoms with Gasteiger partial charge in [-0.15, -0.1) is 0 Å². The van der Waals surface area contributed by atoms with Crippen LogP contribution in [0.25, 0.3) is 0 Å². The number of carbonyl (C=O) groups is 1. The van der Waals surface area contributed by atoms with Gasteiger partial charge in [-0.05, 0) is 24.8 Å². The number of nitro benzene ring substituents is 1. The molecule has 0 aliphatic carbocycles. The molecule has 0 radical (unpaired) electrons. The molecule has 6 heteroatoms. The number of nitrogens with two attached hydrogens (primary N) is 1. The maximum atomic E-state index is 12.3. The molecule has 0 aliphatic rings. The first-order chi connectivity index (χ1) is 9.36. The fourth-order valence-corrected chi connectivity index (χ4v) is 2.14. The molecule has 0 aliphatic heterocycles. The maximum absolute atomic E-state index is 12.3. The van der Waals surface area contributed by atoms with Crippen LogP contribution in [-0.4, -0.2) is 23.4 Å². The molecular formula is C14H21N3O3. The lowest BCUT2D eigenvalue weighted by molar-refractivity contribution is -0.385. The van der Waals surface area contributed by atoms with Crippen molar-refractivity contribution in [2.45, 2.75) is 33.2 Å². The molecule has 6 nitrogen and oxygen atoms in total. The SMILES string of the molecule is Cc1cccc([N+](=O)[O-])c1C(=O)NC(CN)CC(C)C. The number of carbonyl (C=O) groups excluding carboxylic acids is 1. The van der Waals surface area contributed by atoms with Crippen molar-refractivity contribution in [1.29, 1.82) is 0 Å². The third-order valence-corrected chi connectivity index (χ3v) is 3.05. The van der Waals surface area contributed by atoms with E-state index < -0.39 is 10.8 Å². The lowest BCUT2D eigenvalue weighted by Crippen LogP contribution is -2.41. The number of hydrogen-bond acceptors (Lipinski definition) is 4. The summed E-state index contributed by atoms with van der Waals surface area (Å²) >= 11 is 0. The molecule has 110 valence electrons. The van der Waals surface area contributed by atoms with Gasteiger partial charge in [0.15, 0.2) is 0 Å². The van der Waals surface area contributed by atoms with Gasteiger partial charge in [0, 0.05) is 18.7 Å². The Morgan fingerprint density at radius 3 is 2.60 bits per heavy atom. The molecule has 0 fully saturated rings. The summed E-state index contributed by atoms with van der Waals surface area (Å²) in [7, 11) is 0. The third kappa shape index (κ3) is 4.03. The molecule has 1 aromatic carbocycles. The van der Waals surface area contributed by atoms with Gasteiger partial charge in [0.1, 0.15) is 5.56 Å². The van der Waals surface area contributed by atoms with E-state index in [0.717, 1.165) is 6.42 Å². The van der Waals surface area contributed by atoms with Crippen LogP contribution >= 0.6 is 0 Å². The van der Waals surface area contributed by atoms with Crippen molar-refractivity contribution in [3.8, 4) is 0 Å². The molecule has 0 heterocycles. The van der Waals surface area contributed by atoms with Gasteiger partial charge in [-0.25, -0.2) is 0 Å². The van der Waals surface area contributed by atoms with E-state index in [2.05, 4.69) is 5.32 Å². The van der Waals surface area contributed by atoms with Crippen molar-refractivity contribution in [2.24, 2.45) is 11.7 Å². The van der Waals surface area contributed by atoms with Crippen LogP contribution in [0.3, 0.4) is 0 Å². The van der Waals surface area contributed by atoms with E-state index in [1.165, 1.54) is 6.07 Å². The molecule has 1 rings (SSSR count). The van der Waals surface area contributed by atoms with Gasteiger partial charge in [-0.3, -0.25) is 14.9 Å². The van der Waals surface area contributed by atoms with Gasteiger partial charge in [0.05, 0.1) is 4.92 Å². The van der Waals surface area contributed by atoms with Gasteiger partial charge in [-0.2, -0.15) is 0 Å². The van der Waals surface area contributed by atoms with Crippen LogP contribution in [0.4, 0.5) is 5.69 Å². The minimum absolute atomic E-state index is 0.111. The number of hydrogen-bond donors (Lipinski definition) is 2. The summed E-state index contributed by atoms with van der Waals surface area (Å²) in [4.78, 5) is 22.7. The fourth-order valence-electron chi connectivity index (χ4n) is 2.14. The number of amides is 1. The molecule has 20 heavy (non-hydrogen) atoms. The van der Waals surface area contributed by atoms with E-state index in [1.807, 2.05) is 13.8 Å². The summed E-state index contributed by atoms with van der Waals surface area (Å²) in [6.07, 6.45) is 0.738. The highest BCUT2D eigenvalue weighted by molar-refractivity contribution is 5.99. The molecule has 0 bridgehead atoms. The predicted octanol–water partition coefficient (Wildman–Crippen LogP) is 2.01. The first-order valence-electron chi connectivity index (χ1n) is 6.61. The van der Waals surface area contributed by atoms with E-state index in [-0.39, 0.29) is 17.3 Å². The highest BCUT2D eigenvalue weighted by atomic mass is 16.6. The number of nitrogens with zero attached hydrogens (tertiary/aromatic N) is 1. The van der Waals surface area contributed by atoms with Crippen LogP contribution in [0.1, 0.15) is 36.2 Å². The van der Waals surface area contributed by atoms with Crippen LogP contribution in [0.5, 0.6) is 0 Å². The second kappa shape index (κ2) is 7.00. The lowest BCUT2D eigenvalue weighted by atomic mass is 10.0. The predicted molar refractivity (Wildman–Crippen MR) is 77.6 cm³/mol. The van der Waals surface area contributed by atoms with E-state index in [0.29, 0.717) is 18.0 Å². The maximum Gasteiger partial charge on any atom is 0.282 e. The highest BCUT2D eigenvalue weighted by Gasteiger charge is 2.24. The van der Waals surface area contributed by atoms with Crippen molar-refractivity contribution >= 4 is 11.6 Å². The van der Waals surface area contributed by atoms with E-state index >= 15 is 0 Å². The quantitative estimate of drug-likeness (QED) is 0.614. The third-order valence-electron chi connectivity index (χ3n) is 3.05. The molecule has 1 aromatic rings. The van der Waals surface area contributed by atoms with Crippen LogP contribution in [0.2, 0.25) is 0 Å². The molecule has 3 N–H and O–H groups in total. The summed E-state index contributed by atoms with van der Waals surface area (Å²) in [6.45, 7) is 6.06. The number of nitrogens with one attached hydrogen (secondary N) is 1. The van der Waals surface area contributed by atoms with Crippen LogP contribution in [-0.2, 0) is 0 Å². The molecule has 1 unspecified atom stereocenters. The minimum Gasteiger partial charge on any atom is -0.348 e. The van der Waals surface area contributed by atoms with E-state index in [1.54, 1.807) is 19.1 Å². The molecule has 0 spiro atoms. The van der Waals surface area contributed by atoms with E-state index in [9.17, 15) is 14.9 Å². The summed E-state index contributed by atoms with van der Waals surface area (Å²) < 4.78 is 0. The summed E-state index contributed by atoms with van der Waals surface area (Å²) in [6, 6.07) is 4.41. The Kier molecular flexibility index (Phi) is 5.64. The Balaban J connectivity index is 3.00. The Hall–Kier alpha value is -1.95. The normalized spacial score (nSPS) is 12.2. The summed E-state index contributed by atoms with van der Waals surface area (Å²) in [5, 5.41) is 13.8. The monoisotopic (exact) mass is 279 g/mol. The standard InChI is InChI=1S/C14H21N3O3/c1-9(2)7-11(8-15)16-14(18)13-10(3)5-4-6-12(13)17(19)20/h4-6,9,11H,7-8,15H2,1-3H3,(H,16,18). The van der Waals surface area contributed by atoms with Crippen LogP contribution < -0.4 is 11.1 Å². The van der Waals surface area contributed by atoms with Crippen molar-refractivity contribution in [1.82, 2.24) is 5.32 Å². The zero-order chi connectivity index (χ0) is 15.3. The fraction of sp³-hybridized carbons (Fsp3) is 0.500. The zero-order valence-electron chi connectivity index (χ0n) is 12.1. The average molecular weight is 279 g/mol. The number of benzene rings is 1. The smallest absolute Gasteiger partial charge is 0.282 e. The number of rotatable bonds is 6. The minimum atomic E-state index is -0.540. The first kappa shape index (κ1) is 16.1. The van der Waals surface area contributed by atoms with E-state index in [4.69, 9.17) is 5.73 Å². The Morgan fingerprint density at radius 1 is 1.45 bits per heavy atom. The summed E-state index contributed by atoms with van der Waals surface area (Å²) in [5.74, 6) is -0.0541. The topological polar surface area (TPSA) is 98.3 Å². The van der Waals surface area contributed by atoms with Gasteiger partial charge in [0.2, 0.25) is 0 Å². The Bertz CT molecular complexity index is 500. The van der Waals surface area contributed by atoms with Crippen molar-refractivity contribution in [3.05, 3.63) is 39.4 Å². The summed E-state index contributed by atoms with van der Waals surface area (Å²) in [5.41, 5.74) is 6.15. The van der Waals surface area contributed by atoms with Crippen molar-refractivity contribution in [2.75, 3.05) is 6.54 Å². The lowest BCUT2D eigenvalue weighted by Gasteiger charge is -2.19. The van der Waals surface area contributed by atoms with Crippen LogP contribution in [0.15, 0.2) is 18.2 Å². The second-order valence-corrected chi connectivity index (χ2v) is 5.26. The van der Waals surface area contributed by atoms with Gasteiger partial charge >= 0.3 is 0 Å². The van der Waals surface area contributed by atoms with Gasteiger partial charge in [0.25, 0.3) is 11.6 Å². The van der Waals surface area contributed by atoms with Crippen molar-refractivity contribution < 1.29 is 9.72 Å². The molecule has 0 aromatic heterocycles. The Labute approximate surface area is 118 Å². The van der Waals surface area contributed by atoms with Gasteiger partial charge < -0.3 is 11.1 Å². The molecule has 1 atom stereocenters.